The minimum Gasteiger partial charge on any atom is -0.396 e. The zero-order valence-corrected chi connectivity index (χ0v) is 10.4. The van der Waals surface area contributed by atoms with Crippen LogP contribution in [0.2, 0.25) is 0 Å². The quantitative estimate of drug-likeness (QED) is 0.739. The van der Waals surface area contributed by atoms with Gasteiger partial charge in [0.2, 0.25) is 0 Å². The van der Waals surface area contributed by atoms with E-state index in [0.29, 0.717) is 0 Å². The standard InChI is InChI=1S/C15H16N2O/c1-10(9-18)8-14-15-12(6-7-16-14)11-4-2-3-5-13(11)17-15/h2-7,10,17-18H,8-9H2,1H3/t10-/m1/s1. The van der Waals surface area contributed by atoms with E-state index in [-0.39, 0.29) is 12.5 Å². The molecule has 0 unspecified atom stereocenters. The number of hydrogen-bond donors (Lipinski definition) is 2. The summed E-state index contributed by atoms with van der Waals surface area (Å²) in [6.07, 6.45) is 2.64. The molecule has 0 aliphatic heterocycles. The topological polar surface area (TPSA) is 48.9 Å². The van der Waals surface area contributed by atoms with Gasteiger partial charge < -0.3 is 10.1 Å². The first-order valence-corrected chi connectivity index (χ1v) is 6.24. The molecule has 3 rings (SSSR count). The molecule has 0 saturated heterocycles. The molecule has 1 atom stereocenters. The average molecular weight is 240 g/mol. The summed E-state index contributed by atoms with van der Waals surface area (Å²) in [5, 5.41) is 11.6. The Morgan fingerprint density at radius 3 is 2.89 bits per heavy atom. The van der Waals surface area contributed by atoms with Crippen molar-refractivity contribution in [3.8, 4) is 0 Å². The van der Waals surface area contributed by atoms with Gasteiger partial charge in [0.25, 0.3) is 0 Å². The highest BCUT2D eigenvalue weighted by Crippen LogP contribution is 2.27. The van der Waals surface area contributed by atoms with Gasteiger partial charge in [-0.15, -0.1) is 0 Å². The van der Waals surface area contributed by atoms with E-state index in [1.54, 1.807) is 0 Å². The maximum Gasteiger partial charge on any atom is 0.0684 e. The first kappa shape index (κ1) is 11.2. The highest BCUT2D eigenvalue weighted by atomic mass is 16.3. The van der Waals surface area contributed by atoms with Gasteiger partial charge in [-0.05, 0) is 24.5 Å². The molecule has 0 amide bonds. The first-order valence-electron chi connectivity index (χ1n) is 6.24. The molecular weight excluding hydrogens is 224 g/mol. The van der Waals surface area contributed by atoms with Crippen LogP contribution in [0.25, 0.3) is 21.8 Å². The van der Waals surface area contributed by atoms with Crippen LogP contribution in [0.5, 0.6) is 0 Å². The van der Waals surface area contributed by atoms with Crippen LogP contribution >= 0.6 is 0 Å². The summed E-state index contributed by atoms with van der Waals surface area (Å²) in [5.74, 6) is 0.231. The summed E-state index contributed by atoms with van der Waals surface area (Å²) < 4.78 is 0. The highest BCUT2D eigenvalue weighted by Gasteiger charge is 2.11. The molecule has 2 heterocycles. The molecule has 2 aromatic heterocycles. The van der Waals surface area contributed by atoms with Gasteiger partial charge in [0.1, 0.15) is 0 Å². The van der Waals surface area contributed by atoms with Crippen LogP contribution in [0.3, 0.4) is 0 Å². The van der Waals surface area contributed by atoms with Crippen LogP contribution in [0.15, 0.2) is 36.5 Å². The van der Waals surface area contributed by atoms with Crippen molar-refractivity contribution >= 4 is 21.8 Å². The zero-order chi connectivity index (χ0) is 12.5. The van der Waals surface area contributed by atoms with Gasteiger partial charge in [-0.3, -0.25) is 4.98 Å². The lowest BCUT2D eigenvalue weighted by atomic mass is 10.0. The van der Waals surface area contributed by atoms with Crippen LogP contribution in [0, 0.1) is 5.92 Å². The number of pyridine rings is 1. The number of aromatic nitrogens is 2. The molecule has 0 fully saturated rings. The highest BCUT2D eigenvalue weighted by molar-refractivity contribution is 6.07. The summed E-state index contributed by atoms with van der Waals surface area (Å²) in [7, 11) is 0. The number of nitrogens with one attached hydrogen (secondary N) is 1. The van der Waals surface area contributed by atoms with Crippen LogP contribution in [-0.4, -0.2) is 21.7 Å². The molecule has 92 valence electrons. The van der Waals surface area contributed by atoms with Gasteiger partial charge in [-0.25, -0.2) is 0 Å². The van der Waals surface area contributed by atoms with E-state index in [2.05, 4.69) is 22.1 Å². The maximum atomic E-state index is 9.17. The molecule has 1 aromatic carbocycles. The van der Waals surface area contributed by atoms with Gasteiger partial charge in [0.05, 0.1) is 11.2 Å². The number of benzene rings is 1. The molecular formula is C15H16N2O. The molecule has 3 heteroatoms. The Hall–Kier alpha value is -1.87. The molecule has 0 aliphatic rings. The summed E-state index contributed by atoms with van der Waals surface area (Å²) in [4.78, 5) is 7.88. The summed E-state index contributed by atoms with van der Waals surface area (Å²) in [6, 6.07) is 10.3. The van der Waals surface area contributed by atoms with Crippen molar-refractivity contribution in [2.24, 2.45) is 5.92 Å². The van der Waals surface area contributed by atoms with E-state index in [4.69, 9.17) is 5.11 Å². The fourth-order valence-electron chi connectivity index (χ4n) is 2.38. The summed E-state index contributed by atoms with van der Waals surface area (Å²) in [6.45, 7) is 2.22. The SMILES string of the molecule is C[C@@H](CO)Cc1nccc2c1[nH]c1ccccc12. The lowest BCUT2D eigenvalue weighted by molar-refractivity contribution is 0.236. The minimum absolute atomic E-state index is 0.193. The number of para-hydroxylation sites is 1. The fourth-order valence-corrected chi connectivity index (χ4v) is 2.38. The molecule has 3 nitrogen and oxygen atoms in total. The first-order chi connectivity index (χ1) is 8.79. The zero-order valence-electron chi connectivity index (χ0n) is 10.4. The molecule has 0 spiro atoms. The number of nitrogens with zero attached hydrogens (tertiary/aromatic N) is 1. The van der Waals surface area contributed by atoms with Crippen molar-refractivity contribution in [3.05, 3.63) is 42.2 Å². The summed E-state index contributed by atoms with van der Waals surface area (Å²) in [5.41, 5.74) is 3.27. The molecule has 18 heavy (non-hydrogen) atoms. The monoisotopic (exact) mass is 240 g/mol. The second kappa shape index (κ2) is 4.42. The Bertz CT molecular complexity index is 687. The van der Waals surface area contributed by atoms with Gasteiger partial charge in [0, 0.05) is 29.1 Å². The predicted octanol–water partition coefficient (Wildman–Crippen LogP) is 2.89. The average Bonchev–Trinajstić information content (AvgIpc) is 2.78. The number of hydrogen-bond acceptors (Lipinski definition) is 2. The smallest absolute Gasteiger partial charge is 0.0684 e. The van der Waals surface area contributed by atoms with Gasteiger partial charge in [-0.2, -0.15) is 0 Å². The van der Waals surface area contributed by atoms with Crippen molar-refractivity contribution in [3.63, 3.8) is 0 Å². The fraction of sp³-hybridized carbons (Fsp3) is 0.267. The van der Waals surface area contributed by atoms with E-state index < -0.39 is 0 Å². The molecule has 0 radical (unpaired) electrons. The molecule has 3 aromatic rings. The Kier molecular flexibility index (Phi) is 2.76. The third kappa shape index (κ3) is 1.77. The van der Waals surface area contributed by atoms with Crippen LogP contribution in [0.4, 0.5) is 0 Å². The molecule has 0 aliphatic carbocycles. The second-order valence-electron chi connectivity index (χ2n) is 4.84. The Labute approximate surface area is 105 Å². The van der Waals surface area contributed by atoms with Gasteiger partial charge in [-0.1, -0.05) is 25.1 Å². The van der Waals surface area contributed by atoms with Gasteiger partial charge >= 0.3 is 0 Å². The van der Waals surface area contributed by atoms with Crippen molar-refractivity contribution in [2.45, 2.75) is 13.3 Å². The van der Waals surface area contributed by atoms with Crippen LogP contribution in [-0.2, 0) is 6.42 Å². The Morgan fingerprint density at radius 2 is 2.06 bits per heavy atom. The molecule has 0 saturated carbocycles. The number of aromatic amines is 1. The summed E-state index contributed by atoms with van der Waals surface area (Å²) >= 11 is 0. The van der Waals surface area contributed by atoms with Crippen LogP contribution in [0.1, 0.15) is 12.6 Å². The number of aliphatic hydroxyl groups excluding tert-OH is 1. The maximum absolute atomic E-state index is 9.17. The Morgan fingerprint density at radius 1 is 1.22 bits per heavy atom. The van der Waals surface area contributed by atoms with E-state index in [1.807, 2.05) is 31.3 Å². The van der Waals surface area contributed by atoms with E-state index >= 15 is 0 Å². The largest absolute Gasteiger partial charge is 0.396 e. The van der Waals surface area contributed by atoms with E-state index in [1.165, 1.54) is 10.8 Å². The minimum atomic E-state index is 0.193. The van der Waals surface area contributed by atoms with Crippen molar-refractivity contribution < 1.29 is 5.11 Å². The third-order valence-corrected chi connectivity index (χ3v) is 3.36. The van der Waals surface area contributed by atoms with Crippen LogP contribution < -0.4 is 0 Å². The van der Waals surface area contributed by atoms with Crippen molar-refractivity contribution in [1.29, 1.82) is 0 Å². The van der Waals surface area contributed by atoms with Crippen molar-refractivity contribution in [1.82, 2.24) is 9.97 Å². The second-order valence-corrected chi connectivity index (χ2v) is 4.84. The van der Waals surface area contributed by atoms with E-state index in [9.17, 15) is 0 Å². The number of rotatable bonds is 3. The predicted molar refractivity (Wildman–Crippen MR) is 73.6 cm³/mol. The van der Waals surface area contributed by atoms with Crippen molar-refractivity contribution in [2.75, 3.05) is 6.61 Å². The Balaban J connectivity index is 2.21. The van der Waals surface area contributed by atoms with Gasteiger partial charge in [0.15, 0.2) is 0 Å². The number of H-pyrrole nitrogens is 1. The van der Waals surface area contributed by atoms with E-state index in [0.717, 1.165) is 23.1 Å². The molecule has 0 bridgehead atoms. The number of fused-ring (bicyclic) bond motifs is 3. The third-order valence-electron chi connectivity index (χ3n) is 3.36. The molecule has 2 N–H and O–H groups in total. The number of aliphatic hydroxyl groups is 1. The normalized spacial score (nSPS) is 13.2. The lowest BCUT2D eigenvalue weighted by Gasteiger charge is -2.07. The lowest BCUT2D eigenvalue weighted by Crippen LogP contribution is -2.06.